The minimum absolute atomic E-state index is 0.237. The van der Waals surface area contributed by atoms with Gasteiger partial charge in [-0.25, -0.2) is 0 Å². The molecule has 0 saturated carbocycles. The van der Waals surface area contributed by atoms with Gasteiger partial charge in [0.15, 0.2) is 0 Å². The summed E-state index contributed by atoms with van der Waals surface area (Å²) in [6, 6.07) is 11.2. The van der Waals surface area contributed by atoms with Crippen molar-refractivity contribution in [2.75, 3.05) is 6.54 Å². The smallest absolute Gasteiger partial charge is 0.120 e. The second-order valence-electron chi connectivity index (χ2n) is 4.12. The maximum Gasteiger partial charge on any atom is 0.120 e. The summed E-state index contributed by atoms with van der Waals surface area (Å²) >= 11 is 0. The average Bonchev–Trinajstić information content (AvgIpc) is 2.31. The van der Waals surface area contributed by atoms with Crippen LogP contribution in [-0.2, 0) is 0 Å². The first-order valence-electron chi connectivity index (χ1n) is 5.72. The zero-order valence-corrected chi connectivity index (χ0v) is 9.20. The highest BCUT2D eigenvalue weighted by molar-refractivity contribution is 5.20. The minimum atomic E-state index is 0.237. The number of hydrogen-bond donors (Lipinski definition) is 1. The summed E-state index contributed by atoms with van der Waals surface area (Å²) in [5, 5.41) is 3.50. The second-order valence-corrected chi connectivity index (χ2v) is 4.12. The van der Waals surface area contributed by atoms with Crippen molar-refractivity contribution in [3.8, 4) is 5.75 Å². The molecule has 1 radical (unpaired) electrons. The quantitative estimate of drug-likeness (QED) is 0.816. The van der Waals surface area contributed by atoms with Crippen LogP contribution >= 0.6 is 0 Å². The van der Waals surface area contributed by atoms with Crippen molar-refractivity contribution >= 4 is 0 Å². The summed E-state index contributed by atoms with van der Waals surface area (Å²) in [7, 11) is 0. The van der Waals surface area contributed by atoms with Gasteiger partial charge < -0.3 is 10.1 Å². The lowest BCUT2D eigenvalue weighted by Gasteiger charge is -2.29. The third-order valence-electron chi connectivity index (χ3n) is 2.92. The Morgan fingerprint density at radius 1 is 1.53 bits per heavy atom. The van der Waals surface area contributed by atoms with Crippen molar-refractivity contribution in [1.82, 2.24) is 5.32 Å². The summed E-state index contributed by atoms with van der Waals surface area (Å²) in [5.74, 6) is 0.914. The van der Waals surface area contributed by atoms with Crippen molar-refractivity contribution in [3.05, 3.63) is 30.3 Å². The first kappa shape index (κ1) is 10.5. The lowest BCUT2D eigenvalue weighted by atomic mass is 10.0. The fourth-order valence-electron chi connectivity index (χ4n) is 2.03. The van der Waals surface area contributed by atoms with E-state index in [4.69, 9.17) is 4.74 Å². The second kappa shape index (κ2) is 5.17. The molecule has 0 bridgehead atoms. The largest absolute Gasteiger partial charge is 0.489 e. The van der Waals surface area contributed by atoms with Gasteiger partial charge in [-0.05, 0) is 44.5 Å². The molecular formula is C13H18NO. The summed E-state index contributed by atoms with van der Waals surface area (Å²) in [4.78, 5) is 0. The Morgan fingerprint density at radius 3 is 3.13 bits per heavy atom. The van der Waals surface area contributed by atoms with Crippen LogP contribution in [0.15, 0.2) is 24.3 Å². The number of hydrogen-bond acceptors (Lipinski definition) is 2. The van der Waals surface area contributed by atoms with E-state index in [1.165, 1.54) is 19.3 Å². The molecule has 2 rings (SSSR count). The lowest BCUT2D eigenvalue weighted by molar-refractivity contribution is 0.152. The van der Waals surface area contributed by atoms with Gasteiger partial charge in [-0.1, -0.05) is 18.6 Å². The Hall–Kier alpha value is -1.02. The summed E-state index contributed by atoms with van der Waals surface area (Å²) < 4.78 is 5.86. The molecule has 1 aliphatic rings. The van der Waals surface area contributed by atoms with Crippen molar-refractivity contribution in [2.24, 2.45) is 0 Å². The van der Waals surface area contributed by atoms with E-state index in [1.807, 2.05) is 24.3 Å². The van der Waals surface area contributed by atoms with E-state index in [1.54, 1.807) is 0 Å². The molecule has 2 heteroatoms. The molecule has 2 unspecified atom stereocenters. The van der Waals surface area contributed by atoms with E-state index < -0.39 is 0 Å². The lowest BCUT2D eigenvalue weighted by Crippen LogP contribution is -2.44. The number of rotatable bonds is 3. The third kappa shape index (κ3) is 2.96. The monoisotopic (exact) mass is 204 g/mol. The first-order chi connectivity index (χ1) is 7.36. The van der Waals surface area contributed by atoms with Gasteiger partial charge in [0.05, 0.1) is 0 Å². The van der Waals surface area contributed by atoms with E-state index in [0.717, 1.165) is 12.3 Å². The first-order valence-corrected chi connectivity index (χ1v) is 5.72. The van der Waals surface area contributed by atoms with Crippen LogP contribution in [0.25, 0.3) is 0 Å². The standard InChI is InChI=1S/C13H18NO/c1-11(13-9-5-6-10-14-13)15-12-7-3-2-4-8-12/h2-3,7-8,11,13-14H,5-6,9-10H2,1H3. The van der Waals surface area contributed by atoms with Crippen LogP contribution in [0.3, 0.4) is 0 Å². The number of benzene rings is 1. The van der Waals surface area contributed by atoms with Gasteiger partial charge in [0.25, 0.3) is 0 Å². The average molecular weight is 204 g/mol. The molecule has 1 fully saturated rings. The van der Waals surface area contributed by atoms with Gasteiger partial charge in [0, 0.05) is 6.04 Å². The maximum atomic E-state index is 5.86. The van der Waals surface area contributed by atoms with Gasteiger partial charge in [-0.3, -0.25) is 0 Å². The molecule has 2 nitrogen and oxygen atoms in total. The number of piperidine rings is 1. The van der Waals surface area contributed by atoms with E-state index in [2.05, 4.69) is 18.3 Å². The molecule has 1 saturated heterocycles. The number of nitrogens with one attached hydrogen (secondary N) is 1. The Labute approximate surface area is 91.6 Å². The Bertz CT molecular complexity index is 280. The SMILES string of the molecule is CC(Oc1c[c]ccc1)C1CCCCN1. The van der Waals surface area contributed by atoms with Crippen LogP contribution in [0.1, 0.15) is 26.2 Å². The molecule has 1 heterocycles. The highest BCUT2D eigenvalue weighted by Crippen LogP contribution is 2.16. The topological polar surface area (TPSA) is 21.3 Å². The highest BCUT2D eigenvalue weighted by atomic mass is 16.5. The van der Waals surface area contributed by atoms with E-state index in [-0.39, 0.29) is 6.10 Å². The van der Waals surface area contributed by atoms with Crippen LogP contribution in [0.4, 0.5) is 0 Å². The summed E-state index contributed by atoms with van der Waals surface area (Å²) in [5.41, 5.74) is 0. The molecule has 0 aromatic heterocycles. The van der Waals surface area contributed by atoms with Gasteiger partial charge >= 0.3 is 0 Å². The predicted octanol–water partition coefficient (Wildman–Crippen LogP) is 2.40. The van der Waals surface area contributed by atoms with Crippen LogP contribution in [0.2, 0.25) is 0 Å². The molecule has 15 heavy (non-hydrogen) atoms. The molecule has 1 aromatic rings. The van der Waals surface area contributed by atoms with Gasteiger partial charge in [0.1, 0.15) is 11.9 Å². The minimum Gasteiger partial charge on any atom is -0.489 e. The van der Waals surface area contributed by atoms with Crippen molar-refractivity contribution in [2.45, 2.75) is 38.3 Å². The van der Waals surface area contributed by atoms with Gasteiger partial charge in [-0.2, -0.15) is 0 Å². The molecule has 81 valence electrons. The fraction of sp³-hybridized carbons (Fsp3) is 0.538. The normalized spacial score (nSPS) is 23.4. The molecule has 1 aromatic carbocycles. The number of ether oxygens (including phenoxy) is 1. The molecule has 0 aliphatic carbocycles. The fourth-order valence-corrected chi connectivity index (χ4v) is 2.03. The van der Waals surface area contributed by atoms with Crippen LogP contribution in [0, 0.1) is 6.07 Å². The Morgan fingerprint density at radius 2 is 2.47 bits per heavy atom. The van der Waals surface area contributed by atoms with Crippen LogP contribution < -0.4 is 10.1 Å². The zero-order valence-electron chi connectivity index (χ0n) is 9.20. The molecule has 0 amide bonds. The van der Waals surface area contributed by atoms with Crippen LogP contribution in [0.5, 0.6) is 5.75 Å². The van der Waals surface area contributed by atoms with E-state index in [0.29, 0.717) is 6.04 Å². The Kier molecular flexibility index (Phi) is 3.62. The maximum absolute atomic E-state index is 5.86. The highest BCUT2D eigenvalue weighted by Gasteiger charge is 2.20. The molecular weight excluding hydrogens is 186 g/mol. The van der Waals surface area contributed by atoms with Gasteiger partial charge in [-0.15, -0.1) is 0 Å². The van der Waals surface area contributed by atoms with Crippen molar-refractivity contribution < 1.29 is 4.74 Å². The van der Waals surface area contributed by atoms with Gasteiger partial charge in [0.2, 0.25) is 0 Å². The van der Waals surface area contributed by atoms with Crippen LogP contribution in [-0.4, -0.2) is 18.7 Å². The predicted molar refractivity (Wildman–Crippen MR) is 61.0 cm³/mol. The summed E-state index contributed by atoms with van der Waals surface area (Å²) in [6.45, 7) is 3.26. The third-order valence-corrected chi connectivity index (χ3v) is 2.92. The molecule has 2 atom stereocenters. The van der Waals surface area contributed by atoms with Crippen molar-refractivity contribution in [1.29, 1.82) is 0 Å². The van der Waals surface area contributed by atoms with E-state index >= 15 is 0 Å². The summed E-state index contributed by atoms with van der Waals surface area (Å²) in [6.07, 6.45) is 4.06. The molecule has 0 spiro atoms. The van der Waals surface area contributed by atoms with Crippen molar-refractivity contribution in [3.63, 3.8) is 0 Å². The zero-order chi connectivity index (χ0) is 10.5. The Balaban J connectivity index is 1.88. The molecule has 1 N–H and O–H groups in total. The van der Waals surface area contributed by atoms with E-state index in [9.17, 15) is 0 Å². The molecule has 1 aliphatic heterocycles.